The van der Waals surface area contributed by atoms with E-state index in [0.717, 1.165) is 16.9 Å². The molecule has 0 radical (unpaired) electrons. The van der Waals surface area contributed by atoms with Crippen LogP contribution in [0.15, 0.2) is 6.07 Å². The summed E-state index contributed by atoms with van der Waals surface area (Å²) in [4.78, 5) is 0. The molecule has 0 saturated heterocycles. The summed E-state index contributed by atoms with van der Waals surface area (Å²) in [6.07, 6.45) is 0. The van der Waals surface area contributed by atoms with Crippen LogP contribution in [0.25, 0.3) is 0 Å². The van der Waals surface area contributed by atoms with Crippen LogP contribution in [0.5, 0.6) is 11.5 Å². The van der Waals surface area contributed by atoms with Crippen molar-refractivity contribution in [3.05, 3.63) is 22.8 Å². The van der Waals surface area contributed by atoms with Gasteiger partial charge in [-0.1, -0.05) is 62.3 Å². The summed E-state index contributed by atoms with van der Waals surface area (Å²) < 4.78 is 6.36. The van der Waals surface area contributed by atoms with Gasteiger partial charge in [0.1, 0.15) is 11.5 Å². The van der Waals surface area contributed by atoms with Gasteiger partial charge in [-0.15, -0.1) is 0 Å². The van der Waals surface area contributed by atoms with Crippen molar-refractivity contribution in [2.45, 2.75) is 91.7 Å². The molecule has 132 valence electrons. The van der Waals surface area contributed by atoms with Crippen molar-refractivity contribution in [1.82, 2.24) is 0 Å². The van der Waals surface area contributed by atoms with Gasteiger partial charge in [-0.05, 0) is 41.0 Å². The number of hydrogen-bond acceptors (Lipinski definition) is 2. The predicted octanol–water partition coefficient (Wildman–Crippen LogP) is 5.65. The van der Waals surface area contributed by atoms with Crippen molar-refractivity contribution in [3.8, 4) is 11.5 Å². The predicted molar refractivity (Wildman–Crippen MR) is 104 cm³/mol. The first-order valence-corrected chi connectivity index (χ1v) is 11.4. The topological polar surface area (TPSA) is 29.5 Å². The molecule has 23 heavy (non-hydrogen) atoms. The van der Waals surface area contributed by atoms with Gasteiger partial charge in [0.05, 0.1) is 0 Å². The van der Waals surface area contributed by atoms with Crippen LogP contribution in [0.2, 0.25) is 13.1 Å². The normalized spacial score (nSPS) is 13.6. The minimum absolute atomic E-state index is 0.0354. The summed E-state index contributed by atoms with van der Waals surface area (Å²) in [7, 11) is -1.29. The van der Waals surface area contributed by atoms with E-state index in [1.54, 1.807) is 0 Å². The number of phenolic OH excluding ortho intramolecular Hbond substituents is 1. The number of rotatable bonds is 2. The van der Waals surface area contributed by atoms with E-state index in [-0.39, 0.29) is 16.2 Å². The second kappa shape index (κ2) is 6.16. The first kappa shape index (κ1) is 20.1. The highest BCUT2D eigenvalue weighted by atomic mass is 28.3. The Hall–Kier alpha value is -0.963. The fraction of sp³-hybridized carbons (Fsp3) is 0.700. The van der Waals surface area contributed by atoms with Gasteiger partial charge in [0, 0.05) is 11.1 Å². The van der Waals surface area contributed by atoms with Gasteiger partial charge in [-0.25, -0.2) is 0 Å². The average molecular weight is 337 g/mol. The Morgan fingerprint density at radius 2 is 1.22 bits per heavy atom. The van der Waals surface area contributed by atoms with Crippen LogP contribution >= 0.6 is 0 Å². The summed E-state index contributed by atoms with van der Waals surface area (Å²) in [6, 6.07) is 2.16. The molecule has 0 bridgehead atoms. The largest absolute Gasteiger partial charge is 0.546 e. The third-order valence-corrected chi connectivity index (χ3v) is 4.68. The monoisotopic (exact) mass is 336 g/mol. The summed E-state index contributed by atoms with van der Waals surface area (Å²) in [5.41, 5.74) is 2.83. The van der Waals surface area contributed by atoms with Crippen LogP contribution in [0.1, 0.15) is 79.0 Å². The molecule has 2 nitrogen and oxygen atoms in total. The van der Waals surface area contributed by atoms with E-state index in [1.807, 2.05) is 0 Å². The molecule has 0 aliphatic heterocycles. The van der Waals surface area contributed by atoms with Gasteiger partial charge < -0.3 is 9.53 Å². The summed E-state index contributed by atoms with van der Waals surface area (Å²) in [5.74, 6) is 1.32. The molecule has 0 spiro atoms. The quantitative estimate of drug-likeness (QED) is 0.707. The Labute approximate surface area is 145 Å². The van der Waals surface area contributed by atoms with Crippen LogP contribution in [-0.4, -0.2) is 14.1 Å². The van der Waals surface area contributed by atoms with E-state index in [4.69, 9.17) is 4.43 Å². The summed E-state index contributed by atoms with van der Waals surface area (Å²) in [5, 5.41) is 11.1. The molecule has 1 aromatic rings. The van der Waals surface area contributed by atoms with Crippen molar-refractivity contribution in [2.75, 3.05) is 0 Å². The maximum Gasteiger partial charge on any atom is 0.229 e. The smallest absolute Gasteiger partial charge is 0.229 e. The van der Waals surface area contributed by atoms with E-state index >= 15 is 0 Å². The average Bonchev–Trinajstić information content (AvgIpc) is 2.22. The molecule has 3 heteroatoms. The zero-order chi connectivity index (χ0) is 18.4. The molecule has 0 atom stereocenters. The Balaban J connectivity index is 3.95. The molecular formula is C20H36O2Si. The Bertz CT molecular complexity index is 567. The van der Waals surface area contributed by atoms with Crippen molar-refractivity contribution in [2.24, 2.45) is 0 Å². The molecule has 0 aromatic heterocycles. The molecule has 0 heterocycles. The number of hydrogen-bond donors (Lipinski definition) is 1. The van der Waals surface area contributed by atoms with E-state index in [2.05, 4.69) is 81.5 Å². The molecule has 0 fully saturated rings. The minimum atomic E-state index is -1.29. The zero-order valence-electron chi connectivity index (χ0n) is 17.0. The van der Waals surface area contributed by atoms with Gasteiger partial charge >= 0.3 is 0 Å². The fourth-order valence-corrected chi connectivity index (χ4v) is 3.55. The summed E-state index contributed by atoms with van der Waals surface area (Å²) in [6.45, 7) is 23.9. The number of aromatic hydroxyl groups is 1. The van der Waals surface area contributed by atoms with Gasteiger partial charge in [0.2, 0.25) is 9.04 Å². The lowest BCUT2D eigenvalue weighted by molar-refractivity contribution is 0.406. The molecule has 0 amide bonds. The van der Waals surface area contributed by atoms with Crippen LogP contribution in [0.4, 0.5) is 0 Å². The van der Waals surface area contributed by atoms with Gasteiger partial charge in [0.15, 0.2) is 0 Å². The molecule has 1 rings (SSSR count). The first-order chi connectivity index (χ1) is 10.1. The standard InChI is InChI=1S/C20H36O2Si/c1-18(2,3)13-12-14(19(4,5)6)17(22-23(10)11)15(16(13)21)20(7,8)9/h12,21,23H,1-11H3. The van der Waals surface area contributed by atoms with Crippen molar-refractivity contribution >= 4 is 9.04 Å². The summed E-state index contributed by atoms with van der Waals surface area (Å²) >= 11 is 0. The molecule has 0 aliphatic rings. The third-order valence-electron chi connectivity index (χ3n) is 3.97. The van der Waals surface area contributed by atoms with E-state index < -0.39 is 9.04 Å². The number of benzene rings is 1. The second-order valence-electron chi connectivity index (χ2n) is 9.94. The van der Waals surface area contributed by atoms with E-state index in [1.165, 1.54) is 5.56 Å². The Morgan fingerprint density at radius 1 is 0.783 bits per heavy atom. The Morgan fingerprint density at radius 3 is 1.52 bits per heavy atom. The highest BCUT2D eigenvalue weighted by Gasteiger charge is 2.34. The Kier molecular flexibility index (Phi) is 5.38. The molecule has 0 unspecified atom stereocenters. The van der Waals surface area contributed by atoms with E-state index in [9.17, 15) is 5.11 Å². The molecule has 1 N–H and O–H groups in total. The van der Waals surface area contributed by atoms with Crippen molar-refractivity contribution in [3.63, 3.8) is 0 Å². The van der Waals surface area contributed by atoms with Gasteiger partial charge in [0.25, 0.3) is 0 Å². The minimum Gasteiger partial charge on any atom is -0.546 e. The SMILES string of the molecule is C[SiH](C)Oc1c(C(C)(C)C)cc(C(C)(C)C)c(O)c1C(C)(C)C. The van der Waals surface area contributed by atoms with Gasteiger partial charge in [-0.2, -0.15) is 0 Å². The van der Waals surface area contributed by atoms with Crippen molar-refractivity contribution < 1.29 is 9.53 Å². The maximum atomic E-state index is 11.1. The third kappa shape index (κ3) is 4.53. The fourth-order valence-electron chi connectivity index (χ4n) is 2.84. The zero-order valence-corrected chi connectivity index (χ0v) is 18.2. The second-order valence-corrected chi connectivity index (χ2v) is 12.3. The van der Waals surface area contributed by atoms with Crippen molar-refractivity contribution in [1.29, 1.82) is 0 Å². The maximum absolute atomic E-state index is 11.1. The van der Waals surface area contributed by atoms with E-state index in [0.29, 0.717) is 5.75 Å². The molecule has 0 aliphatic carbocycles. The highest BCUT2D eigenvalue weighted by molar-refractivity contribution is 6.49. The first-order valence-electron chi connectivity index (χ1n) is 8.65. The van der Waals surface area contributed by atoms with Gasteiger partial charge in [-0.3, -0.25) is 0 Å². The molecule has 0 saturated carbocycles. The number of phenols is 1. The molecular weight excluding hydrogens is 300 g/mol. The highest BCUT2D eigenvalue weighted by Crippen LogP contribution is 2.49. The van der Waals surface area contributed by atoms with Crippen LogP contribution in [0.3, 0.4) is 0 Å². The van der Waals surface area contributed by atoms with Crippen LogP contribution in [-0.2, 0) is 16.2 Å². The lowest BCUT2D eigenvalue weighted by Crippen LogP contribution is -2.25. The lowest BCUT2D eigenvalue weighted by Gasteiger charge is -2.35. The molecule has 1 aromatic carbocycles. The van der Waals surface area contributed by atoms with Crippen LogP contribution < -0.4 is 4.43 Å². The van der Waals surface area contributed by atoms with Crippen LogP contribution in [0, 0.1) is 0 Å². The lowest BCUT2D eigenvalue weighted by atomic mass is 9.74.